The lowest BCUT2D eigenvalue weighted by molar-refractivity contribution is -0.124. The van der Waals surface area contributed by atoms with E-state index >= 15 is 0 Å². The number of carboxylic acids is 1. The number of carboxylic acid groups (broad SMARTS) is 1. The van der Waals surface area contributed by atoms with Crippen LogP contribution in [-0.4, -0.2) is 54.4 Å². The molecule has 1 atom stereocenters. The number of thiazole rings is 1. The van der Waals surface area contributed by atoms with Gasteiger partial charge in [-0.2, -0.15) is 0 Å². The molecule has 0 aliphatic heterocycles. The molecular formula is C24H23N3O6S. The van der Waals surface area contributed by atoms with Gasteiger partial charge in [-0.25, -0.2) is 14.6 Å². The number of hydrogen-bond donors (Lipinski definition) is 3. The Morgan fingerprint density at radius 1 is 1.09 bits per heavy atom. The third-order valence-corrected chi connectivity index (χ3v) is 6.32. The van der Waals surface area contributed by atoms with Crippen molar-refractivity contribution in [3.8, 4) is 11.1 Å². The number of alkyl carbamates (subject to hydrolysis) is 1. The van der Waals surface area contributed by atoms with Gasteiger partial charge in [-0.15, -0.1) is 11.3 Å². The van der Waals surface area contributed by atoms with Gasteiger partial charge in [0.2, 0.25) is 5.91 Å². The average molecular weight is 482 g/mol. The van der Waals surface area contributed by atoms with Crippen LogP contribution in [-0.2, 0) is 20.8 Å². The predicted octanol–water partition coefficient (Wildman–Crippen LogP) is 3.01. The van der Waals surface area contributed by atoms with Crippen LogP contribution >= 0.6 is 11.3 Å². The van der Waals surface area contributed by atoms with Crippen molar-refractivity contribution in [2.75, 3.05) is 20.3 Å². The number of aromatic carboxylic acids is 1. The molecule has 0 fully saturated rings. The van der Waals surface area contributed by atoms with Gasteiger partial charge in [0.25, 0.3) is 0 Å². The van der Waals surface area contributed by atoms with Crippen LogP contribution in [0, 0.1) is 0 Å². The molecule has 0 bridgehead atoms. The largest absolute Gasteiger partial charge is 0.476 e. The van der Waals surface area contributed by atoms with E-state index < -0.39 is 24.0 Å². The molecule has 3 aromatic rings. The highest BCUT2D eigenvalue weighted by Gasteiger charge is 2.29. The fourth-order valence-corrected chi connectivity index (χ4v) is 4.62. The Balaban J connectivity index is 1.35. The molecule has 2 amide bonds. The van der Waals surface area contributed by atoms with Crippen molar-refractivity contribution < 1.29 is 29.0 Å². The Hall–Kier alpha value is -3.76. The van der Waals surface area contributed by atoms with E-state index in [2.05, 4.69) is 27.8 Å². The summed E-state index contributed by atoms with van der Waals surface area (Å²) in [4.78, 5) is 39.9. The molecule has 3 N–H and O–H groups in total. The Kier molecular flexibility index (Phi) is 7.19. The number of nitrogens with one attached hydrogen (secondary N) is 2. The number of ether oxygens (including phenoxy) is 2. The van der Waals surface area contributed by atoms with Crippen LogP contribution in [0.2, 0.25) is 0 Å². The summed E-state index contributed by atoms with van der Waals surface area (Å²) in [6.45, 7) is 0.0932. The summed E-state index contributed by atoms with van der Waals surface area (Å²) < 4.78 is 10.6. The van der Waals surface area contributed by atoms with Gasteiger partial charge >= 0.3 is 12.1 Å². The van der Waals surface area contributed by atoms with Crippen LogP contribution in [0.4, 0.5) is 4.79 Å². The molecular weight excluding hydrogens is 458 g/mol. The SMILES string of the molecule is COCC(NC(=O)OCC1c2ccccc2-c2ccccc21)C(=O)NCc1nc(C(=O)O)cs1. The Bertz CT molecular complexity index is 1170. The molecule has 10 heteroatoms. The van der Waals surface area contributed by atoms with E-state index in [9.17, 15) is 14.4 Å². The molecule has 2 aromatic carbocycles. The molecule has 34 heavy (non-hydrogen) atoms. The first kappa shape index (κ1) is 23.4. The maximum Gasteiger partial charge on any atom is 0.407 e. The highest BCUT2D eigenvalue weighted by molar-refractivity contribution is 7.09. The zero-order valence-corrected chi connectivity index (χ0v) is 19.1. The van der Waals surface area contributed by atoms with Crippen LogP contribution in [0.5, 0.6) is 0 Å². The molecule has 1 aromatic heterocycles. The molecule has 4 rings (SSSR count). The number of rotatable bonds is 9. The van der Waals surface area contributed by atoms with E-state index in [-0.39, 0.29) is 31.4 Å². The number of aromatic nitrogens is 1. The fourth-order valence-electron chi connectivity index (χ4n) is 3.91. The summed E-state index contributed by atoms with van der Waals surface area (Å²) in [7, 11) is 1.42. The number of methoxy groups -OCH3 is 1. The van der Waals surface area contributed by atoms with Gasteiger partial charge in [0.1, 0.15) is 17.7 Å². The molecule has 0 saturated carbocycles. The van der Waals surface area contributed by atoms with Gasteiger partial charge in [-0.05, 0) is 22.3 Å². The van der Waals surface area contributed by atoms with Crippen molar-refractivity contribution in [1.82, 2.24) is 15.6 Å². The third kappa shape index (κ3) is 5.08. The van der Waals surface area contributed by atoms with E-state index in [1.165, 1.54) is 12.5 Å². The van der Waals surface area contributed by atoms with Gasteiger partial charge in [-0.1, -0.05) is 48.5 Å². The molecule has 0 radical (unpaired) electrons. The van der Waals surface area contributed by atoms with E-state index in [0.29, 0.717) is 5.01 Å². The second kappa shape index (κ2) is 10.4. The highest BCUT2D eigenvalue weighted by Crippen LogP contribution is 2.44. The van der Waals surface area contributed by atoms with Crippen LogP contribution < -0.4 is 10.6 Å². The summed E-state index contributed by atoms with van der Waals surface area (Å²) in [5.74, 6) is -1.73. The Morgan fingerprint density at radius 3 is 2.32 bits per heavy atom. The predicted molar refractivity (Wildman–Crippen MR) is 125 cm³/mol. The van der Waals surface area contributed by atoms with E-state index in [1.54, 1.807) is 0 Å². The van der Waals surface area contributed by atoms with Crippen molar-refractivity contribution >= 4 is 29.3 Å². The number of carbonyl (C=O) groups is 3. The zero-order valence-electron chi connectivity index (χ0n) is 18.3. The Morgan fingerprint density at radius 2 is 1.74 bits per heavy atom. The monoisotopic (exact) mass is 481 g/mol. The van der Waals surface area contributed by atoms with Crippen molar-refractivity contribution in [1.29, 1.82) is 0 Å². The second-order valence-electron chi connectivity index (χ2n) is 7.63. The van der Waals surface area contributed by atoms with Gasteiger partial charge < -0.3 is 25.2 Å². The lowest BCUT2D eigenvalue weighted by atomic mass is 9.98. The lowest BCUT2D eigenvalue weighted by Gasteiger charge is -2.19. The first-order valence-corrected chi connectivity index (χ1v) is 11.4. The van der Waals surface area contributed by atoms with Crippen molar-refractivity contribution in [3.63, 3.8) is 0 Å². The Labute approximate surface area is 199 Å². The van der Waals surface area contributed by atoms with Crippen LogP contribution in [0.3, 0.4) is 0 Å². The number of benzene rings is 2. The lowest BCUT2D eigenvalue weighted by Crippen LogP contribution is -2.49. The summed E-state index contributed by atoms with van der Waals surface area (Å²) in [6, 6.07) is 15.0. The number of hydrogen-bond acceptors (Lipinski definition) is 7. The smallest absolute Gasteiger partial charge is 0.407 e. The first-order chi connectivity index (χ1) is 16.5. The molecule has 0 spiro atoms. The summed E-state index contributed by atoms with van der Waals surface area (Å²) in [5, 5.41) is 15.9. The summed E-state index contributed by atoms with van der Waals surface area (Å²) in [6.07, 6.45) is -0.735. The van der Waals surface area contributed by atoms with Gasteiger partial charge in [0, 0.05) is 18.4 Å². The van der Waals surface area contributed by atoms with E-state index in [4.69, 9.17) is 14.6 Å². The van der Waals surface area contributed by atoms with Crippen LogP contribution in [0.15, 0.2) is 53.9 Å². The summed E-state index contributed by atoms with van der Waals surface area (Å²) >= 11 is 1.12. The topological polar surface area (TPSA) is 127 Å². The first-order valence-electron chi connectivity index (χ1n) is 10.5. The van der Waals surface area contributed by atoms with Gasteiger partial charge in [-0.3, -0.25) is 4.79 Å². The number of amides is 2. The van der Waals surface area contributed by atoms with Crippen LogP contribution in [0.1, 0.15) is 32.5 Å². The van der Waals surface area contributed by atoms with Crippen molar-refractivity contribution in [2.45, 2.75) is 18.5 Å². The quantitative estimate of drug-likeness (QED) is 0.429. The third-order valence-electron chi connectivity index (χ3n) is 5.47. The summed E-state index contributed by atoms with van der Waals surface area (Å²) in [5.41, 5.74) is 4.34. The molecule has 1 aliphatic carbocycles. The molecule has 176 valence electrons. The minimum absolute atomic E-state index is 0.0311. The van der Waals surface area contributed by atoms with E-state index in [1.807, 2.05) is 36.4 Å². The maximum atomic E-state index is 12.6. The van der Waals surface area contributed by atoms with Gasteiger partial charge in [0.15, 0.2) is 5.69 Å². The molecule has 0 saturated heterocycles. The number of carbonyl (C=O) groups excluding carboxylic acids is 2. The highest BCUT2D eigenvalue weighted by atomic mass is 32.1. The number of nitrogens with zero attached hydrogens (tertiary/aromatic N) is 1. The standard InChI is InChI=1S/C24H23N3O6S/c1-32-12-19(22(28)25-10-21-26-20(13-34-21)23(29)30)27-24(31)33-11-18-16-8-4-2-6-14(16)15-7-3-5-9-17(15)18/h2-9,13,18-19H,10-12H2,1H3,(H,25,28)(H,27,31)(H,29,30). The molecule has 1 unspecified atom stereocenters. The van der Waals surface area contributed by atoms with Crippen molar-refractivity contribution in [3.05, 3.63) is 75.7 Å². The van der Waals surface area contributed by atoms with E-state index in [0.717, 1.165) is 33.6 Å². The normalized spacial score (nSPS) is 13.0. The fraction of sp³-hybridized carbons (Fsp3) is 0.250. The van der Waals surface area contributed by atoms with Gasteiger partial charge in [0.05, 0.1) is 13.2 Å². The average Bonchev–Trinajstić information content (AvgIpc) is 3.44. The molecule has 1 aliphatic rings. The minimum Gasteiger partial charge on any atom is -0.476 e. The molecule has 9 nitrogen and oxygen atoms in total. The maximum absolute atomic E-state index is 12.6. The minimum atomic E-state index is -1.14. The second-order valence-corrected chi connectivity index (χ2v) is 8.57. The number of fused-ring (bicyclic) bond motifs is 3. The van der Waals surface area contributed by atoms with Crippen LogP contribution in [0.25, 0.3) is 11.1 Å². The zero-order chi connectivity index (χ0) is 24.1. The molecule has 1 heterocycles. The van der Waals surface area contributed by atoms with Crippen molar-refractivity contribution in [2.24, 2.45) is 0 Å².